The Morgan fingerprint density at radius 1 is 1.27 bits per heavy atom. The van der Waals surface area contributed by atoms with Crippen LogP contribution in [0.25, 0.3) is 11.0 Å². The van der Waals surface area contributed by atoms with Crippen LogP contribution in [0, 0.1) is 0 Å². The van der Waals surface area contributed by atoms with Crippen LogP contribution in [0.5, 0.6) is 0 Å². The fourth-order valence-corrected chi connectivity index (χ4v) is 3.08. The number of anilines is 1. The molecule has 0 aromatic carbocycles. The molecular weight excluding hydrogens is 280 g/mol. The van der Waals surface area contributed by atoms with E-state index in [2.05, 4.69) is 39.1 Å². The first-order chi connectivity index (χ1) is 10.6. The number of hydrogen-bond donors (Lipinski definition) is 1. The van der Waals surface area contributed by atoms with Crippen molar-refractivity contribution < 1.29 is 4.74 Å². The molecule has 1 aliphatic rings. The molecule has 2 aromatic rings. The minimum absolute atomic E-state index is 0.327. The molecule has 0 spiro atoms. The SMILES string of the molecule is C[C@@H]1CN(CCCNc2ncnc3c2cnn3C)C[C@H](C)O1. The Balaban J connectivity index is 1.50. The van der Waals surface area contributed by atoms with Crippen LogP contribution < -0.4 is 5.32 Å². The predicted octanol–water partition coefficient (Wildman–Crippen LogP) is 1.27. The first-order valence-corrected chi connectivity index (χ1v) is 7.88. The van der Waals surface area contributed by atoms with Gasteiger partial charge in [-0.1, -0.05) is 0 Å². The molecule has 1 fully saturated rings. The highest BCUT2D eigenvalue weighted by atomic mass is 16.5. The molecule has 2 atom stereocenters. The number of aromatic nitrogens is 4. The smallest absolute Gasteiger partial charge is 0.163 e. The van der Waals surface area contributed by atoms with Gasteiger partial charge in [0.15, 0.2) is 5.65 Å². The van der Waals surface area contributed by atoms with Crippen molar-refractivity contribution in [3.63, 3.8) is 0 Å². The molecule has 7 heteroatoms. The van der Waals surface area contributed by atoms with Crippen molar-refractivity contribution in [1.82, 2.24) is 24.6 Å². The van der Waals surface area contributed by atoms with E-state index < -0.39 is 0 Å². The summed E-state index contributed by atoms with van der Waals surface area (Å²) in [7, 11) is 1.89. The first-order valence-electron chi connectivity index (χ1n) is 7.88. The van der Waals surface area contributed by atoms with Crippen LogP contribution in [0.3, 0.4) is 0 Å². The lowest BCUT2D eigenvalue weighted by molar-refractivity contribution is -0.0678. The van der Waals surface area contributed by atoms with Crippen molar-refractivity contribution >= 4 is 16.9 Å². The zero-order valence-corrected chi connectivity index (χ0v) is 13.5. The van der Waals surface area contributed by atoms with Gasteiger partial charge in [0.2, 0.25) is 0 Å². The summed E-state index contributed by atoms with van der Waals surface area (Å²) in [4.78, 5) is 11.0. The Morgan fingerprint density at radius 2 is 2.05 bits per heavy atom. The second-order valence-electron chi connectivity index (χ2n) is 6.02. The molecule has 22 heavy (non-hydrogen) atoms. The first kappa shape index (κ1) is 15.2. The lowest BCUT2D eigenvalue weighted by atomic mass is 10.2. The van der Waals surface area contributed by atoms with Crippen LogP contribution in [0.15, 0.2) is 12.5 Å². The van der Waals surface area contributed by atoms with E-state index in [9.17, 15) is 0 Å². The van der Waals surface area contributed by atoms with E-state index in [-0.39, 0.29) is 0 Å². The van der Waals surface area contributed by atoms with Crippen molar-refractivity contribution in [3.05, 3.63) is 12.5 Å². The van der Waals surface area contributed by atoms with Gasteiger partial charge in [0, 0.05) is 33.2 Å². The van der Waals surface area contributed by atoms with Gasteiger partial charge in [-0.15, -0.1) is 0 Å². The summed E-state index contributed by atoms with van der Waals surface area (Å²) < 4.78 is 7.52. The monoisotopic (exact) mass is 304 g/mol. The van der Waals surface area contributed by atoms with Crippen molar-refractivity contribution in [2.75, 3.05) is 31.5 Å². The largest absolute Gasteiger partial charge is 0.373 e. The van der Waals surface area contributed by atoms with Gasteiger partial charge in [-0.05, 0) is 20.3 Å². The molecule has 0 aliphatic carbocycles. The number of hydrogen-bond acceptors (Lipinski definition) is 6. The summed E-state index contributed by atoms with van der Waals surface area (Å²) in [5.41, 5.74) is 0.855. The third-order valence-corrected chi connectivity index (χ3v) is 3.97. The van der Waals surface area contributed by atoms with Crippen LogP contribution in [-0.2, 0) is 11.8 Å². The van der Waals surface area contributed by atoms with Crippen LogP contribution >= 0.6 is 0 Å². The van der Waals surface area contributed by atoms with Gasteiger partial charge in [-0.25, -0.2) is 9.97 Å². The van der Waals surface area contributed by atoms with Gasteiger partial charge >= 0.3 is 0 Å². The maximum Gasteiger partial charge on any atom is 0.163 e. The number of morpholine rings is 1. The van der Waals surface area contributed by atoms with Crippen LogP contribution in [0.4, 0.5) is 5.82 Å². The molecule has 1 N–H and O–H groups in total. The summed E-state index contributed by atoms with van der Waals surface area (Å²) in [6.45, 7) is 8.28. The Bertz CT molecular complexity index is 618. The molecule has 0 unspecified atom stereocenters. The van der Waals surface area contributed by atoms with Gasteiger partial charge in [-0.2, -0.15) is 5.10 Å². The van der Waals surface area contributed by atoms with Crippen molar-refractivity contribution in [2.24, 2.45) is 7.05 Å². The highest BCUT2D eigenvalue weighted by Crippen LogP contribution is 2.17. The van der Waals surface area contributed by atoms with E-state index in [1.54, 1.807) is 11.0 Å². The molecular formula is C15H24N6O. The molecule has 1 saturated heterocycles. The van der Waals surface area contributed by atoms with Crippen LogP contribution in [0.2, 0.25) is 0 Å². The molecule has 7 nitrogen and oxygen atoms in total. The highest BCUT2D eigenvalue weighted by Gasteiger charge is 2.21. The van der Waals surface area contributed by atoms with Gasteiger partial charge in [0.1, 0.15) is 12.1 Å². The number of ether oxygens (including phenoxy) is 1. The maximum atomic E-state index is 5.76. The lowest BCUT2D eigenvalue weighted by Gasteiger charge is -2.35. The maximum absolute atomic E-state index is 5.76. The minimum Gasteiger partial charge on any atom is -0.373 e. The molecule has 120 valence electrons. The molecule has 0 radical (unpaired) electrons. The molecule has 3 rings (SSSR count). The highest BCUT2D eigenvalue weighted by molar-refractivity contribution is 5.85. The minimum atomic E-state index is 0.327. The van der Waals surface area contributed by atoms with E-state index >= 15 is 0 Å². The average molecular weight is 304 g/mol. The summed E-state index contributed by atoms with van der Waals surface area (Å²) in [5, 5.41) is 8.60. The van der Waals surface area contributed by atoms with Crippen molar-refractivity contribution in [1.29, 1.82) is 0 Å². The second-order valence-corrected chi connectivity index (χ2v) is 6.02. The van der Waals surface area contributed by atoms with E-state index in [0.29, 0.717) is 12.2 Å². The number of nitrogens with one attached hydrogen (secondary N) is 1. The number of aryl methyl sites for hydroxylation is 1. The van der Waals surface area contributed by atoms with E-state index in [0.717, 1.165) is 49.5 Å². The standard InChI is InChI=1S/C15H24N6O/c1-11-8-21(9-12(2)22-11)6-4-5-16-14-13-7-19-20(3)15(13)18-10-17-14/h7,10-12H,4-6,8-9H2,1-3H3,(H,16,17,18)/t11-,12+. The van der Waals surface area contributed by atoms with Crippen molar-refractivity contribution in [3.8, 4) is 0 Å². The Hall–Kier alpha value is -1.73. The quantitative estimate of drug-likeness (QED) is 0.839. The third kappa shape index (κ3) is 3.36. The zero-order valence-electron chi connectivity index (χ0n) is 13.5. The van der Waals surface area contributed by atoms with E-state index in [4.69, 9.17) is 4.74 Å². The van der Waals surface area contributed by atoms with Crippen molar-refractivity contribution in [2.45, 2.75) is 32.5 Å². The molecule has 0 saturated carbocycles. The predicted molar refractivity (Wildman–Crippen MR) is 85.9 cm³/mol. The van der Waals surface area contributed by atoms with Crippen LogP contribution in [0.1, 0.15) is 20.3 Å². The van der Waals surface area contributed by atoms with Gasteiger partial charge in [0.05, 0.1) is 23.8 Å². The summed E-state index contributed by atoms with van der Waals surface area (Å²) in [6.07, 6.45) is 5.12. The number of nitrogens with zero attached hydrogens (tertiary/aromatic N) is 5. The van der Waals surface area contributed by atoms with Gasteiger partial charge < -0.3 is 10.1 Å². The molecule has 2 aromatic heterocycles. The number of fused-ring (bicyclic) bond motifs is 1. The Kier molecular flexibility index (Phi) is 4.54. The van der Waals surface area contributed by atoms with E-state index in [1.807, 2.05) is 13.2 Å². The molecule has 0 amide bonds. The molecule has 1 aliphatic heterocycles. The fraction of sp³-hybridized carbons (Fsp3) is 0.667. The summed E-state index contributed by atoms with van der Waals surface area (Å²) in [6, 6.07) is 0. The normalized spacial score (nSPS) is 23.0. The second kappa shape index (κ2) is 6.58. The third-order valence-electron chi connectivity index (χ3n) is 3.97. The molecule has 0 bridgehead atoms. The Labute approximate surface area is 130 Å². The zero-order chi connectivity index (χ0) is 15.5. The summed E-state index contributed by atoms with van der Waals surface area (Å²) in [5.74, 6) is 0.863. The molecule has 3 heterocycles. The van der Waals surface area contributed by atoms with Gasteiger partial charge in [0.25, 0.3) is 0 Å². The average Bonchev–Trinajstić information content (AvgIpc) is 2.85. The lowest BCUT2D eigenvalue weighted by Crippen LogP contribution is -2.45. The fourth-order valence-electron chi connectivity index (χ4n) is 3.08. The van der Waals surface area contributed by atoms with E-state index in [1.165, 1.54) is 0 Å². The number of rotatable bonds is 5. The topological polar surface area (TPSA) is 68.1 Å². The van der Waals surface area contributed by atoms with Crippen LogP contribution in [-0.4, -0.2) is 63.0 Å². The van der Waals surface area contributed by atoms with Gasteiger partial charge in [-0.3, -0.25) is 9.58 Å². The summed E-state index contributed by atoms with van der Waals surface area (Å²) >= 11 is 0. The Morgan fingerprint density at radius 3 is 2.82 bits per heavy atom.